The lowest BCUT2D eigenvalue weighted by Gasteiger charge is -2.10. The average Bonchev–Trinajstić information content (AvgIpc) is 3.08. The van der Waals surface area contributed by atoms with Crippen LogP contribution in [0.3, 0.4) is 0 Å². The number of carbonyl (C=O) groups is 1. The van der Waals surface area contributed by atoms with Crippen LogP contribution in [0.4, 0.5) is 0 Å². The van der Waals surface area contributed by atoms with Crippen molar-refractivity contribution in [3.63, 3.8) is 0 Å². The molecule has 108 valence electrons. The molecule has 0 aromatic carbocycles. The molecule has 6 nitrogen and oxygen atoms in total. The maximum absolute atomic E-state index is 11.7. The van der Waals surface area contributed by atoms with E-state index < -0.39 is 6.10 Å². The topological polar surface area (TPSA) is 80.3 Å². The molecule has 1 unspecified atom stereocenters. The van der Waals surface area contributed by atoms with Crippen molar-refractivity contribution < 1.29 is 14.3 Å². The van der Waals surface area contributed by atoms with Crippen LogP contribution in [0, 0.1) is 6.92 Å². The van der Waals surface area contributed by atoms with Crippen molar-refractivity contribution in [1.29, 1.82) is 0 Å². The zero-order valence-corrected chi connectivity index (χ0v) is 11.5. The Morgan fingerprint density at radius 2 is 2.45 bits per heavy atom. The van der Waals surface area contributed by atoms with Crippen molar-refractivity contribution in [2.24, 2.45) is 0 Å². The number of hydrogen-bond donors (Lipinski definition) is 2. The second-order valence-corrected chi connectivity index (χ2v) is 4.61. The summed E-state index contributed by atoms with van der Waals surface area (Å²) in [5, 5.41) is 12.4. The van der Waals surface area contributed by atoms with Crippen LogP contribution in [-0.4, -0.2) is 27.1 Å². The van der Waals surface area contributed by atoms with E-state index in [1.807, 2.05) is 17.7 Å². The van der Waals surface area contributed by atoms with E-state index in [1.165, 1.54) is 6.26 Å². The fraction of sp³-hybridized carbons (Fsp3) is 0.429. The van der Waals surface area contributed by atoms with E-state index >= 15 is 0 Å². The summed E-state index contributed by atoms with van der Waals surface area (Å²) < 4.78 is 7.06. The molecule has 20 heavy (non-hydrogen) atoms. The maximum atomic E-state index is 11.7. The van der Waals surface area contributed by atoms with Crippen LogP contribution < -0.4 is 5.32 Å². The molecule has 0 saturated heterocycles. The predicted octanol–water partition coefficient (Wildman–Crippen LogP) is 1.41. The summed E-state index contributed by atoms with van der Waals surface area (Å²) in [5.74, 6) is 1.33. The first-order valence-corrected chi connectivity index (χ1v) is 6.62. The van der Waals surface area contributed by atoms with Gasteiger partial charge in [0.1, 0.15) is 17.7 Å². The minimum atomic E-state index is -0.801. The first-order valence-electron chi connectivity index (χ1n) is 6.62. The monoisotopic (exact) mass is 277 g/mol. The van der Waals surface area contributed by atoms with Crippen molar-refractivity contribution in [3.05, 3.63) is 42.4 Å². The van der Waals surface area contributed by atoms with E-state index in [4.69, 9.17) is 4.42 Å². The van der Waals surface area contributed by atoms with Crippen molar-refractivity contribution in [3.8, 4) is 0 Å². The molecule has 2 aromatic heterocycles. The van der Waals surface area contributed by atoms with Crippen LogP contribution in [0.2, 0.25) is 0 Å². The van der Waals surface area contributed by atoms with E-state index in [1.54, 1.807) is 18.3 Å². The highest BCUT2D eigenvalue weighted by atomic mass is 16.4. The van der Waals surface area contributed by atoms with Crippen LogP contribution >= 0.6 is 0 Å². The highest BCUT2D eigenvalue weighted by molar-refractivity contribution is 5.75. The number of aryl methyl sites for hydroxylation is 2. The van der Waals surface area contributed by atoms with Crippen LogP contribution in [0.25, 0.3) is 0 Å². The molecule has 0 bridgehead atoms. The SMILES string of the molecule is Cc1nccn1CCCC(=O)NCC(O)c1ccco1. The van der Waals surface area contributed by atoms with Crippen molar-refractivity contribution >= 4 is 5.91 Å². The van der Waals surface area contributed by atoms with E-state index in [2.05, 4.69) is 10.3 Å². The van der Waals surface area contributed by atoms with Gasteiger partial charge in [0, 0.05) is 25.4 Å². The number of aromatic nitrogens is 2. The number of imidazole rings is 1. The zero-order chi connectivity index (χ0) is 14.4. The number of carbonyl (C=O) groups excluding carboxylic acids is 1. The van der Waals surface area contributed by atoms with E-state index in [0.29, 0.717) is 12.2 Å². The third-order valence-electron chi connectivity index (χ3n) is 3.09. The molecule has 2 N–H and O–H groups in total. The molecule has 0 spiro atoms. The van der Waals surface area contributed by atoms with Gasteiger partial charge in [0.2, 0.25) is 5.91 Å². The second-order valence-electron chi connectivity index (χ2n) is 4.61. The summed E-state index contributed by atoms with van der Waals surface area (Å²) in [6, 6.07) is 3.38. The van der Waals surface area contributed by atoms with Gasteiger partial charge in [0.15, 0.2) is 0 Å². The van der Waals surface area contributed by atoms with Crippen LogP contribution in [-0.2, 0) is 11.3 Å². The smallest absolute Gasteiger partial charge is 0.220 e. The third-order valence-corrected chi connectivity index (χ3v) is 3.09. The van der Waals surface area contributed by atoms with Crippen LogP contribution in [0.5, 0.6) is 0 Å². The number of hydrogen-bond acceptors (Lipinski definition) is 4. The Hall–Kier alpha value is -2.08. The first kappa shape index (κ1) is 14.3. The number of furan rings is 1. The van der Waals surface area contributed by atoms with Gasteiger partial charge in [-0.2, -0.15) is 0 Å². The molecule has 0 saturated carbocycles. The molecular formula is C14H19N3O3. The molecule has 2 aromatic rings. The molecule has 0 aliphatic rings. The van der Waals surface area contributed by atoms with Gasteiger partial charge in [-0.05, 0) is 25.5 Å². The summed E-state index contributed by atoms with van der Waals surface area (Å²) in [5.41, 5.74) is 0. The lowest BCUT2D eigenvalue weighted by Crippen LogP contribution is -2.28. The van der Waals surface area contributed by atoms with Gasteiger partial charge in [0.25, 0.3) is 0 Å². The minimum Gasteiger partial charge on any atom is -0.467 e. The van der Waals surface area contributed by atoms with Crippen LogP contribution in [0.1, 0.15) is 30.5 Å². The molecule has 6 heteroatoms. The predicted molar refractivity (Wildman–Crippen MR) is 72.9 cm³/mol. The van der Waals surface area contributed by atoms with E-state index in [-0.39, 0.29) is 12.5 Å². The van der Waals surface area contributed by atoms with Gasteiger partial charge in [-0.25, -0.2) is 4.98 Å². The number of aliphatic hydroxyl groups excluding tert-OH is 1. The normalized spacial score (nSPS) is 12.3. The standard InChI is InChI=1S/C14H19N3O3/c1-11-15-6-8-17(11)7-2-5-14(19)16-10-12(18)13-4-3-9-20-13/h3-4,6,8-9,12,18H,2,5,7,10H2,1H3,(H,16,19). The van der Waals surface area contributed by atoms with Gasteiger partial charge in [-0.15, -0.1) is 0 Å². The molecule has 1 atom stereocenters. The number of nitrogens with zero attached hydrogens (tertiary/aromatic N) is 2. The molecule has 1 amide bonds. The molecule has 0 fully saturated rings. The molecular weight excluding hydrogens is 258 g/mol. The Kier molecular flexibility index (Phi) is 4.95. The summed E-state index contributed by atoms with van der Waals surface area (Å²) in [4.78, 5) is 15.8. The second kappa shape index (κ2) is 6.91. The Morgan fingerprint density at radius 3 is 3.10 bits per heavy atom. The molecule has 0 aliphatic carbocycles. The molecule has 0 radical (unpaired) electrons. The minimum absolute atomic E-state index is 0.0756. The van der Waals surface area contributed by atoms with Gasteiger partial charge in [0.05, 0.1) is 12.8 Å². The van der Waals surface area contributed by atoms with Crippen molar-refractivity contribution in [1.82, 2.24) is 14.9 Å². The van der Waals surface area contributed by atoms with Crippen LogP contribution in [0.15, 0.2) is 35.2 Å². The highest BCUT2D eigenvalue weighted by Crippen LogP contribution is 2.11. The quantitative estimate of drug-likeness (QED) is 0.802. The summed E-state index contributed by atoms with van der Waals surface area (Å²) >= 11 is 0. The largest absolute Gasteiger partial charge is 0.467 e. The number of amides is 1. The highest BCUT2D eigenvalue weighted by Gasteiger charge is 2.11. The van der Waals surface area contributed by atoms with Gasteiger partial charge >= 0.3 is 0 Å². The van der Waals surface area contributed by atoms with Gasteiger partial charge in [-0.3, -0.25) is 4.79 Å². The molecule has 2 heterocycles. The van der Waals surface area contributed by atoms with E-state index in [0.717, 1.165) is 18.8 Å². The number of rotatable bonds is 7. The van der Waals surface area contributed by atoms with Crippen molar-refractivity contribution in [2.75, 3.05) is 6.54 Å². The third kappa shape index (κ3) is 3.96. The van der Waals surface area contributed by atoms with Gasteiger partial charge < -0.3 is 19.4 Å². The zero-order valence-electron chi connectivity index (χ0n) is 11.5. The number of aliphatic hydroxyl groups is 1. The molecule has 0 aliphatic heterocycles. The summed E-state index contributed by atoms with van der Waals surface area (Å²) in [7, 11) is 0. The first-order chi connectivity index (χ1) is 9.66. The Bertz CT molecular complexity index is 534. The Labute approximate surface area is 117 Å². The summed E-state index contributed by atoms with van der Waals surface area (Å²) in [6.07, 6.45) is 5.49. The summed E-state index contributed by atoms with van der Waals surface area (Å²) in [6.45, 7) is 2.86. The lowest BCUT2D eigenvalue weighted by atomic mass is 10.2. The van der Waals surface area contributed by atoms with E-state index in [9.17, 15) is 9.90 Å². The Morgan fingerprint density at radius 1 is 1.60 bits per heavy atom. The average molecular weight is 277 g/mol. The molecule has 2 rings (SSSR count). The van der Waals surface area contributed by atoms with Crippen molar-refractivity contribution in [2.45, 2.75) is 32.4 Å². The lowest BCUT2D eigenvalue weighted by molar-refractivity contribution is -0.121. The Balaban J connectivity index is 1.64. The fourth-order valence-electron chi connectivity index (χ4n) is 1.93. The maximum Gasteiger partial charge on any atom is 0.220 e. The fourth-order valence-corrected chi connectivity index (χ4v) is 1.93. The number of nitrogens with one attached hydrogen (secondary N) is 1. The van der Waals surface area contributed by atoms with Gasteiger partial charge in [-0.1, -0.05) is 0 Å².